The van der Waals surface area contributed by atoms with Crippen molar-refractivity contribution in [1.29, 1.82) is 0 Å². The van der Waals surface area contributed by atoms with E-state index in [1.54, 1.807) is 30.1 Å². The fourth-order valence-electron chi connectivity index (χ4n) is 3.03. The lowest BCUT2D eigenvalue weighted by atomic mass is 9.94. The Bertz CT molecular complexity index is 703. The van der Waals surface area contributed by atoms with Gasteiger partial charge in [-0.25, -0.2) is 9.78 Å². The fraction of sp³-hybridized carbons (Fsp3) is 0.471. The van der Waals surface area contributed by atoms with Gasteiger partial charge in [0.25, 0.3) is 5.91 Å². The predicted molar refractivity (Wildman–Crippen MR) is 83.9 cm³/mol. The van der Waals surface area contributed by atoms with Gasteiger partial charge in [0, 0.05) is 13.1 Å². The van der Waals surface area contributed by atoms with Crippen LogP contribution in [0.15, 0.2) is 29.0 Å². The molecule has 1 aliphatic carbocycles. The third kappa shape index (κ3) is 3.36. The Morgan fingerprint density at radius 1 is 1.30 bits per heavy atom. The van der Waals surface area contributed by atoms with E-state index in [0.29, 0.717) is 16.7 Å². The van der Waals surface area contributed by atoms with Crippen LogP contribution in [0.25, 0.3) is 11.1 Å². The van der Waals surface area contributed by atoms with Crippen molar-refractivity contribution in [3.8, 4) is 0 Å². The molecule has 1 aliphatic rings. The van der Waals surface area contributed by atoms with Gasteiger partial charge in [0.1, 0.15) is 5.52 Å². The molecule has 0 unspecified atom stereocenters. The molecule has 1 heterocycles. The van der Waals surface area contributed by atoms with E-state index >= 15 is 0 Å². The monoisotopic (exact) mass is 316 g/mol. The SMILES string of the molecule is CN(C(=O)COC(=O)c1cccc2ocnc12)C1CCCCC1. The van der Waals surface area contributed by atoms with Gasteiger partial charge in [0.05, 0.1) is 5.56 Å². The van der Waals surface area contributed by atoms with Crippen LogP contribution in [-0.4, -0.2) is 41.5 Å². The molecule has 0 spiro atoms. The summed E-state index contributed by atoms with van der Waals surface area (Å²) in [7, 11) is 1.78. The Hall–Kier alpha value is -2.37. The van der Waals surface area contributed by atoms with Gasteiger partial charge >= 0.3 is 5.97 Å². The fourth-order valence-corrected chi connectivity index (χ4v) is 3.03. The summed E-state index contributed by atoms with van der Waals surface area (Å²) in [6.07, 6.45) is 6.86. The number of hydrogen-bond acceptors (Lipinski definition) is 5. The number of benzene rings is 1. The summed E-state index contributed by atoms with van der Waals surface area (Å²) < 4.78 is 10.3. The summed E-state index contributed by atoms with van der Waals surface area (Å²) in [5.41, 5.74) is 1.28. The average Bonchev–Trinajstić information content (AvgIpc) is 3.08. The number of para-hydroxylation sites is 1. The second kappa shape index (κ2) is 6.81. The molecule has 23 heavy (non-hydrogen) atoms. The number of ether oxygens (including phenoxy) is 1. The van der Waals surface area contributed by atoms with Gasteiger partial charge < -0.3 is 14.1 Å². The maximum absolute atomic E-state index is 12.2. The van der Waals surface area contributed by atoms with E-state index in [1.807, 2.05) is 0 Å². The summed E-state index contributed by atoms with van der Waals surface area (Å²) >= 11 is 0. The van der Waals surface area contributed by atoms with E-state index in [2.05, 4.69) is 4.98 Å². The lowest BCUT2D eigenvalue weighted by Gasteiger charge is -2.31. The highest BCUT2D eigenvalue weighted by molar-refractivity contribution is 6.01. The Morgan fingerprint density at radius 3 is 2.87 bits per heavy atom. The van der Waals surface area contributed by atoms with E-state index in [1.165, 1.54) is 12.8 Å². The molecule has 6 heteroatoms. The highest BCUT2D eigenvalue weighted by atomic mass is 16.5. The lowest BCUT2D eigenvalue weighted by Crippen LogP contribution is -2.40. The van der Waals surface area contributed by atoms with Crippen LogP contribution in [0.4, 0.5) is 0 Å². The summed E-state index contributed by atoms with van der Waals surface area (Å²) in [4.78, 5) is 30.1. The number of fused-ring (bicyclic) bond motifs is 1. The Kier molecular flexibility index (Phi) is 4.60. The van der Waals surface area contributed by atoms with E-state index in [0.717, 1.165) is 25.7 Å². The summed E-state index contributed by atoms with van der Waals surface area (Å²) in [5.74, 6) is -0.729. The van der Waals surface area contributed by atoms with E-state index in [-0.39, 0.29) is 18.6 Å². The largest absolute Gasteiger partial charge is 0.452 e. The van der Waals surface area contributed by atoms with Crippen LogP contribution < -0.4 is 0 Å². The molecule has 3 rings (SSSR count). The van der Waals surface area contributed by atoms with Gasteiger partial charge in [0.15, 0.2) is 18.6 Å². The van der Waals surface area contributed by atoms with Crippen LogP contribution >= 0.6 is 0 Å². The molecule has 6 nitrogen and oxygen atoms in total. The van der Waals surface area contributed by atoms with Crippen molar-refractivity contribution in [2.24, 2.45) is 0 Å². The third-order valence-corrected chi connectivity index (χ3v) is 4.42. The molecule has 1 saturated carbocycles. The normalized spacial score (nSPS) is 15.5. The number of aromatic nitrogens is 1. The van der Waals surface area contributed by atoms with Crippen molar-refractivity contribution in [2.75, 3.05) is 13.7 Å². The molecule has 0 radical (unpaired) electrons. The van der Waals surface area contributed by atoms with Crippen molar-refractivity contribution in [3.05, 3.63) is 30.2 Å². The molecular weight excluding hydrogens is 296 g/mol. The number of carbonyl (C=O) groups is 2. The number of oxazole rings is 1. The number of esters is 1. The van der Waals surface area contributed by atoms with Crippen molar-refractivity contribution >= 4 is 23.0 Å². The average molecular weight is 316 g/mol. The molecule has 0 saturated heterocycles. The topological polar surface area (TPSA) is 72.6 Å². The third-order valence-electron chi connectivity index (χ3n) is 4.42. The van der Waals surface area contributed by atoms with Gasteiger partial charge in [-0.15, -0.1) is 0 Å². The molecule has 1 aromatic heterocycles. The minimum absolute atomic E-state index is 0.169. The van der Waals surface area contributed by atoms with Crippen molar-refractivity contribution in [2.45, 2.75) is 38.1 Å². The maximum atomic E-state index is 12.2. The van der Waals surface area contributed by atoms with Crippen molar-refractivity contribution in [1.82, 2.24) is 9.88 Å². The zero-order valence-corrected chi connectivity index (χ0v) is 13.2. The number of likely N-dealkylation sites (N-methyl/N-ethyl adjacent to an activating group) is 1. The highest BCUT2D eigenvalue weighted by Gasteiger charge is 2.23. The van der Waals surface area contributed by atoms with Crippen LogP contribution in [0.3, 0.4) is 0 Å². The number of hydrogen-bond donors (Lipinski definition) is 0. The van der Waals surface area contributed by atoms with Crippen LogP contribution in [0.1, 0.15) is 42.5 Å². The molecule has 0 bridgehead atoms. The van der Waals surface area contributed by atoms with Crippen LogP contribution in [-0.2, 0) is 9.53 Å². The Balaban J connectivity index is 1.60. The molecule has 122 valence electrons. The second-order valence-corrected chi connectivity index (χ2v) is 5.88. The van der Waals surface area contributed by atoms with Gasteiger partial charge in [-0.3, -0.25) is 4.79 Å². The number of carbonyl (C=O) groups excluding carboxylic acids is 2. The molecule has 1 aromatic carbocycles. The van der Waals surface area contributed by atoms with Crippen LogP contribution in [0.2, 0.25) is 0 Å². The molecule has 0 aliphatic heterocycles. The van der Waals surface area contributed by atoms with E-state index in [9.17, 15) is 9.59 Å². The van der Waals surface area contributed by atoms with Crippen LogP contribution in [0.5, 0.6) is 0 Å². The zero-order chi connectivity index (χ0) is 16.2. The first-order chi connectivity index (χ1) is 11.2. The van der Waals surface area contributed by atoms with Gasteiger partial charge in [-0.2, -0.15) is 0 Å². The first-order valence-corrected chi connectivity index (χ1v) is 7.92. The maximum Gasteiger partial charge on any atom is 0.340 e. The molecular formula is C17H20N2O4. The Morgan fingerprint density at radius 2 is 2.09 bits per heavy atom. The lowest BCUT2D eigenvalue weighted by molar-refractivity contribution is -0.135. The summed E-state index contributed by atoms with van der Waals surface area (Å²) in [5, 5.41) is 0. The van der Waals surface area contributed by atoms with Gasteiger partial charge in [-0.1, -0.05) is 25.3 Å². The summed E-state index contributed by atoms with van der Waals surface area (Å²) in [6, 6.07) is 5.29. The number of nitrogens with zero attached hydrogens (tertiary/aromatic N) is 2. The minimum atomic E-state index is -0.560. The number of rotatable bonds is 4. The molecule has 2 aromatic rings. The predicted octanol–water partition coefficient (Wildman–Crippen LogP) is 2.78. The highest BCUT2D eigenvalue weighted by Crippen LogP contribution is 2.22. The molecule has 0 atom stereocenters. The summed E-state index contributed by atoms with van der Waals surface area (Å²) in [6.45, 7) is -0.250. The first-order valence-electron chi connectivity index (χ1n) is 7.92. The first kappa shape index (κ1) is 15.5. The zero-order valence-electron chi connectivity index (χ0n) is 13.2. The smallest absolute Gasteiger partial charge is 0.340 e. The van der Waals surface area contributed by atoms with Crippen molar-refractivity contribution in [3.63, 3.8) is 0 Å². The number of amides is 1. The Labute approximate surface area is 134 Å². The second-order valence-electron chi connectivity index (χ2n) is 5.88. The van der Waals surface area contributed by atoms with Gasteiger partial charge in [-0.05, 0) is 25.0 Å². The quantitative estimate of drug-likeness (QED) is 0.811. The standard InChI is InChI=1S/C17H20N2O4/c1-19(12-6-3-2-4-7-12)15(20)10-22-17(21)13-8-5-9-14-16(13)18-11-23-14/h5,8-9,11-12H,2-4,6-7,10H2,1H3. The van der Waals surface area contributed by atoms with E-state index in [4.69, 9.17) is 9.15 Å². The molecule has 1 amide bonds. The van der Waals surface area contributed by atoms with Gasteiger partial charge in [0.2, 0.25) is 0 Å². The van der Waals surface area contributed by atoms with E-state index < -0.39 is 5.97 Å². The minimum Gasteiger partial charge on any atom is -0.452 e. The van der Waals surface area contributed by atoms with Crippen LogP contribution in [0, 0.1) is 0 Å². The molecule has 1 fully saturated rings. The molecule has 0 N–H and O–H groups in total. The van der Waals surface area contributed by atoms with Crippen molar-refractivity contribution < 1.29 is 18.7 Å².